The molecule has 0 heterocycles. The minimum atomic E-state index is -3.57. The fourth-order valence-electron chi connectivity index (χ4n) is 1.75. The number of carbonyl (C=O) groups is 1. The Bertz CT molecular complexity index is 734. The number of nitrogens with one attached hydrogen (secondary N) is 1. The van der Waals surface area contributed by atoms with E-state index in [1.807, 2.05) is 6.92 Å². The zero-order valence-corrected chi connectivity index (χ0v) is 14.0. The molecule has 1 amide bonds. The highest BCUT2D eigenvalue weighted by atomic mass is 35.5. The molecule has 0 radical (unpaired) electrons. The molecule has 0 saturated carbocycles. The van der Waals surface area contributed by atoms with Crippen molar-refractivity contribution in [2.45, 2.75) is 25.2 Å². The largest absolute Gasteiger partial charge is 0.351 e. The van der Waals surface area contributed by atoms with Gasteiger partial charge in [0.1, 0.15) is 11.6 Å². The first-order chi connectivity index (χ1) is 10.4. The molecule has 5 nitrogen and oxygen atoms in total. The standard InChI is InChI=1S/C15H17ClN2O3S/c1-3-8-18-15(19)12(10-17)9-11-6-5-7-13(16)14(11)22(20,21)4-2/h5-7,9H,3-4,8H2,1-2H3,(H,18,19)/b12-9+. The molecule has 1 aromatic carbocycles. The highest BCUT2D eigenvalue weighted by Gasteiger charge is 2.20. The molecule has 0 aliphatic carbocycles. The molecule has 0 bridgehead atoms. The molecule has 0 aliphatic rings. The topological polar surface area (TPSA) is 87.0 Å². The van der Waals surface area contributed by atoms with Crippen molar-refractivity contribution < 1.29 is 13.2 Å². The number of hydrogen-bond acceptors (Lipinski definition) is 4. The highest BCUT2D eigenvalue weighted by Crippen LogP contribution is 2.28. The van der Waals surface area contributed by atoms with E-state index in [2.05, 4.69) is 5.32 Å². The van der Waals surface area contributed by atoms with E-state index in [9.17, 15) is 13.2 Å². The van der Waals surface area contributed by atoms with Crippen molar-refractivity contribution in [1.29, 1.82) is 5.26 Å². The molecule has 1 rings (SSSR count). The third kappa shape index (κ3) is 4.33. The van der Waals surface area contributed by atoms with Gasteiger partial charge in [-0.3, -0.25) is 4.79 Å². The Morgan fingerprint density at radius 2 is 2.09 bits per heavy atom. The lowest BCUT2D eigenvalue weighted by Crippen LogP contribution is -2.25. The van der Waals surface area contributed by atoms with E-state index in [0.29, 0.717) is 6.54 Å². The van der Waals surface area contributed by atoms with Gasteiger partial charge in [-0.05, 0) is 24.1 Å². The van der Waals surface area contributed by atoms with Crippen molar-refractivity contribution in [3.63, 3.8) is 0 Å². The molecule has 118 valence electrons. The summed E-state index contributed by atoms with van der Waals surface area (Å²) in [5.74, 6) is -0.661. The first-order valence-corrected chi connectivity index (χ1v) is 8.81. The summed E-state index contributed by atoms with van der Waals surface area (Å²) in [7, 11) is -3.57. The fraction of sp³-hybridized carbons (Fsp3) is 0.333. The molecule has 0 aliphatic heterocycles. The summed E-state index contributed by atoms with van der Waals surface area (Å²) in [5.41, 5.74) is 0.0702. The van der Waals surface area contributed by atoms with Crippen LogP contribution in [0.1, 0.15) is 25.8 Å². The van der Waals surface area contributed by atoms with Gasteiger partial charge in [0.05, 0.1) is 15.7 Å². The maximum absolute atomic E-state index is 12.2. The van der Waals surface area contributed by atoms with Crippen LogP contribution >= 0.6 is 11.6 Å². The quantitative estimate of drug-likeness (QED) is 0.637. The van der Waals surface area contributed by atoms with Gasteiger partial charge < -0.3 is 5.32 Å². The van der Waals surface area contributed by atoms with Crippen LogP contribution in [0.4, 0.5) is 0 Å². The van der Waals surface area contributed by atoms with Crippen LogP contribution in [0.2, 0.25) is 5.02 Å². The minimum Gasteiger partial charge on any atom is -0.351 e. The number of amides is 1. The Labute approximate surface area is 135 Å². The Kier molecular flexibility index (Phi) is 6.60. The highest BCUT2D eigenvalue weighted by molar-refractivity contribution is 7.91. The number of benzene rings is 1. The SMILES string of the molecule is CCCNC(=O)/C(C#N)=C/c1cccc(Cl)c1S(=O)(=O)CC. The number of sulfone groups is 1. The average Bonchev–Trinajstić information content (AvgIpc) is 2.49. The molecule has 7 heteroatoms. The number of rotatable bonds is 6. The van der Waals surface area contributed by atoms with Crippen LogP contribution in [0.5, 0.6) is 0 Å². The third-order valence-corrected chi connectivity index (χ3v) is 5.15. The zero-order chi connectivity index (χ0) is 16.8. The lowest BCUT2D eigenvalue weighted by molar-refractivity contribution is -0.117. The molecular weight excluding hydrogens is 324 g/mol. The summed E-state index contributed by atoms with van der Waals surface area (Å²) < 4.78 is 24.3. The van der Waals surface area contributed by atoms with Crippen molar-refractivity contribution >= 4 is 33.4 Å². The number of nitrogens with zero attached hydrogens (tertiary/aromatic N) is 1. The van der Waals surface area contributed by atoms with Crippen molar-refractivity contribution in [2.75, 3.05) is 12.3 Å². The van der Waals surface area contributed by atoms with Crippen LogP contribution in [0.15, 0.2) is 28.7 Å². The van der Waals surface area contributed by atoms with Crippen LogP contribution in [0, 0.1) is 11.3 Å². The van der Waals surface area contributed by atoms with Crippen molar-refractivity contribution in [3.8, 4) is 6.07 Å². The summed E-state index contributed by atoms with van der Waals surface area (Å²) in [6.07, 6.45) is 1.98. The molecule has 0 atom stereocenters. The lowest BCUT2D eigenvalue weighted by atomic mass is 10.1. The van der Waals surface area contributed by atoms with E-state index in [4.69, 9.17) is 16.9 Å². The summed E-state index contributed by atoms with van der Waals surface area (Å²) in [4.78, 5) is 11.8. The molecular formula is C15H17ClN2O3S. The zero-order valence-electron chi connectivity index (χ0n) is 12.4. The molecule has 0 aromatic heterocycles. The maximum Gasteiger partial charge on any atom is 0.261 e. The third-order valence-electron chi connectivity index (χ3n) is 2.89. The van der Waals surface area contributed by atoms with Crippen molar-refractivity contribution in [1.82, 2.24) is 5.32 Å². The second-order valence-electron chi connectivity index (χ2n) is 4.49. The lowest BCUT2D eigenvalue weighted by Gasteiger charge is -2.09. The number of hydrogen-bond donors (Lipinski definition) is 1. The van der Waals surface area contributed by atoms with Crippen molar-refractivity contribution in [3.05, 3.63) is 34.4 Å². The summed E-state index contributed by atoms with van der Waals surface area (Å²) in [6.45, 7) is 3.83. The monoisotopic (exact) mass is 340 g/mol. The van der Waals surface area contributed by atoms with Gasteiger partial charge in [0.15, 0.2) is 9.84 Å². The Balaban J connectivity index is 3.39. The van der Waals surface area contributed by atoms with Gasteiger partial charge in [-0.25, -0.2) is 8.42 Å². The molecule has 1 aromatic rings. The van der Waals surface area contributed by atoms with Gasteiger partial charge >= 0.3 is 0 Å². The van der Waals surface area contributed by atoms with E-state index < -0.39 is 15.7 Å². The first kappa shape index (κ1) is 18.2. The number of halogens is 1. The molecule has 22 heavy (non-hydrogen) atoms. The Hall–Kier alpha value is -1.84. The van der Waals surface area contributed by atoms with Gasteiger partial charge in [0, 0.05) is 6.54 Å². The van der Waals surface area contributed by atoms with E-state index in [1.54, 1.807) is 12.1 Å². The van der Waals surface area contributed by atoms with Crippen molar-refractivity contribution in [2.24, 2.45) is 0 Å². The normalized spacial score (nSPS) is 11.8. The van der Waals surface area contributed by atoms with Gasteiger partial charge in [0.25, 0.3) is 5.91 Å². The van der Waals surface area contributed by atoms with E-state index in [0.717, 1.165) is 6.42 Å². The number of nitriles is 1. The molecule has 0 fully saturated rings. The predicted molar refractivity (Wildman–Crippen MR) is 86.1 cm³/mol. The minimum absolute atomic E-state index is 0.0600. The van der Waals surface area contributed by atoms with E-state index in [-0.39, 0.29) is 26.8 Å². The maximum atomic E-state index is 12.2. The van der Waals surface area contributed by atoms with Gasteiger partial charge in [-0.1, -0.05) is 37.6 Å². The van der Waals surface area contributed by atoms with Gasteiger partial charge in [0.2, 0.25) is 0 Å². The van der Waals surface area contributed by atoms with Crippen LogP contribution in [0.3, 0.4) is 0 Å². The predicted octanol–water partition coefficient (Wildman–Crippen LogP) is 2.57. The fourth-order valence-corrected chi connectivity index (χ4v) is 3.42. The second-order valence-corrected chi connectivity index (χ2v) is 7.11. The second kappa shape index (κ2) is 7.97. The van der Waals surface area contributed by atoms with Crippen LogP contribution in [0.25, 0.3) is 6.08 Å². The Morgan fingerprint density at radius 1 is 1.41 bits per heavy atom. The van der Waals surface area contributed by atoms with Crippen LogP contribution < -0.4 is 5.32 Å². The molecule has 0 saturated heterocycles. The summed E-state index contributed by atoms with van der Waals surface area (Å²) in [5, 5.41) is 11.8. The van der Waals surface area contributed by atoms with Crippen LogP contribution in [-0.4, -0.2) is 26.6 Å². The molecule has 1 N–H and O–H groups in total. The average molecular weight is 341 g/mol. The van der Waals surface area contributed by atoms with Gasteiger partial charge in [-0.15, -0.1) is 0 Å². The smallest absolute Gasteiger partial charge is 0.261 e. The molecule has 0 unspecified atom stereocenters. The molecule has 0 spiro atoms. The summed E-state index contributed by atoms with van der Waals surface area (Å²) in [6, 6.07) is 6.33. The van der Waals surface area contributed by atoms with E-state index >= 15 is 0 Å². The van der Waals surface area contributed by atoms with Crippen LogP contribution in [-0.2, 0) is 14.6 Å². The van der Waals surface area contributed by atoms with E-state index in [1.165, 1.54) is 25.1 Å². The number of carbonyl (C=O) groups excluding carboxylic acids is 1. The summed E-state index contributed by atoms with van der Waals surface area (Å²) >= 11 is 5.99. The Morgan fingerprint density at radius 3 is 2.64 bits per heavy atom. The van der Waals surface area contributed by atoms with Gasteiger partial charge in [-0.2, -0.15) is 5.26 Å². The first-order valence-electron chi connectivity index (χ1n) is 6.78.